The zero-order valence-corrected chi connectivity index (χ0v) is 19.7. The second-order valence-corrected chi connectivity index (χ2v) is 10.5. The number of nitrogens with zero attached hydrogens (tertiary/aromatic N) is 2. The number of benzene rings is 1. The second kappa shape index (κ2) is 8.39. The monoisotopic (exact) mass is 449 g/mol. The van der Waals surface area contributed by atoms with Crippen molar-refractivity contribution in [3.63, 3.8) is 0 Å². The SMILES string of the molecule is Cc1ccc(N2C(=O)c3cc4sccc4n3CC2(C)C(=O)NC2CCCCCCC2)cc1. The molecule has 1 atom stereocenters. The van der Waals surface area contributed by atoms with Crippen LogP contribution in [0, 0.1) is 6.92 Å². The summed E-state index contributed by atoms with van der Waals surface area (Å²) in [6, 6.07) is 12.1. The smallest absolute Gasteiger partial charge is 0.275 e. The van der Waals surface area contributed by atoms with E-state index in [9.17, 15) is 9.59 Å². The topological polar surface area (TPSA) is 54.3 Å². The lowest BCUT2D eigenvalue weighted by Crippen LogP contribution is -2.65. The Morgan fingerprint density at radius 3 is 2.47 bits per heavy atom. The molecule has 1 aliphatic carbocycles. The van der Waals surface area contributed by atoms with Gasteiger partial charge in [0.05, 0.1) is 16.8 Å². The molecule has 168 valence electrons. The normalized spacial score (nSPS) is 22.4. The van der Waals surface area contributed by atoms with Crippen LogP contribution < -0.4 is 10.2 Å². The van der Waals surface area contributed by atoms with Crippen LogP contribution >= 0.6 is 11.3 Å². The Labute approximate surface area is 193 Å². The van der Waals surface area contributed by atoms with Crippen molar-refractivity contribution in [1.82, 2.24) is 9.88 Å². The molecule has 2 aliphatic rings. The minimum Gasteiger partial charge on any atom is -0.351 e. The van der Waals surface area contributed by atoms with E-state index in [1.165, 1.54) is 19.3 Å². The van der Waals surface area contributed by atoms with Crippen molar-refractivity contribution in [3.05, 3.63) is 53.0 Å². The van der Waals surface area contributed by atoms with E-state index in [2.05, 4.69) is 5.32 Å². The molecule has 1 aromatic carbocycles. The predicted octanol–water partition coefficient (Wildman–Crippen LogP) is 5.66. The molecule has 2 aromatic heterocycles. The molecule has 0 saturated heterocycles. The quantitative estimate of drug-likeness (QED) is 0.561. The van der Waals surface area contributed by atoms with E-state index in [4.69, 9.17) is 0 Å². The molecule has 3 heterocycles. The van der Waals surface area contributed by atoms with Crippen molar-refractivity contribution >= 4 is 39.1 Å². The number of aromatic nitrogens is 1. The molecule has 32 heavy (non-hydrogen) atoms. The van der Waals surface area contributed by atoms with E-state index in [1.54, 1.807) is 16.2 Å². The van der Waals surface area contributed by atoms with Gasteiger partial charge in [0, 0.05) is 11.7 Å². The summed E-state index contributed by atoms with van der Waals surface area (Å²) in [7, 11) is 0. The van der Waals surface area contributed by atoms with E-state index < -0.39 is 5.54 Å². The molecule has 0 spiro atoms. The summed E-state index contributed by atoms with van der Waals surface area (Å²) >= 11 is 1.63. The number of anilines is 1. The summed E-state index contributed by atoms with van der Waals surface area (Å²) in [5.41, 5.74) is 2.58. The van der Waals surface area contributed by atoms with Crippen molar-refractivity contribution < 1.29 is 9.59 Å². The first kappa shape index (κ1) is 21.3. The molecule has 0 radical (unpaired) electrons. The van der Waals surface area contributed by atoms with Crippen molar-refractivity contribution in [2.75, 3.05) is 4.90 Å². The Hall–Kier alpha value is -2.60. The lowest BCUT2D eigenvalue weighted by atomic mass is 9.91. The summed E-state index contributed by atoms with van der Waals surface area (Å²) in [4.78, 5) is 29.4. The number of rotatable bonds is 3. The van der Waals surface area contributed by atoms with Gasteiger partial charge in [-0.3, -0.25) is 14.5 Å². The molecule has 5 nitrogen and oxygen atoms in total. The van der Waals surface area contributed by atoms with Gasteiger partial charge < -0.3 is 9.88 Å². The zero-order chi connectivity index (χ0) is 22.3. The first-order chi connectivity index (χ1) is 15.5. The van der Waals surface area contributed by atoms with Crippen LogP contribution in [-0.4, -0.2) is 28.0 Å². The highest BCUT2D eigenvalue weighted by atomic mass is 32.1. The zero-order valence-electron chi connectivity index (χ0n) is 18.9. The Morgan fingerprint density at radius 1 is 1.06 bits per heavy atom. The number of thiophene rings is 1. The van der Waals surface area contributed by atoms with Crippen LogP contribution in [0.4, 0.5) is 5.69 Å². The molecule has 2 amide bonds. The first-order valence-electron chi connectivity index (χ1n) is 11.8. The van der Waals surface area contributed by atoms with Gasteiger partial charge in [0.15, 0.2) is 0 Å². The van der Waals surface area contributed by atoms with Crippen molar-refractivity contribution in [3.8, 4) is 0 Å². The van der Waals surface area contributed by atoms with Crippen LogP contribution in [0.3, 0.4) is 0 Å². The third-order valence-corrected chi connectivity index (χ3v) is 7.98. The molecular formula is C26H31N3O2S. The highest BCUT2D eigenvalue weighted by Gasteiger charge is 2.49. The largest absolute Gasteiger partial charge is 0.351 e. The molecule has 1 unspecified atom stereocenters. The minimum absolute atomic E-state index is 0.0558. The second-order valence-electron chi connectivity index (χ2n) is 9.55. The number of carbonyl (C=O) groups excluding carboxylic acids is 2. The van der Waals surface area contributed by atoms with E-state index in [-0.39, 0.29) is 17.9 Å². The molecule has 5 rings (SSSR count). The highest BCUT2D eigenvalue weighted by Crippen LogP contribution is 2.37. The van der Waals surface area contributed by atoms with E-state index in [1.807, 2.05) is 60.2 Å². The van der Waals surface area contributed by atoms with Crippen molar-refractivity contribution in [1.29, 1.82) is 0 Å². The lowest BCUT2D eigenvalue weighted by Gasteiger charge is -2.44. The maximum absolute atomic E-state index is 13.9. The summed E-state index contributed by atoms with van der Waals surface area (Å²) in [5.74, 6) is -0.168. The van der Waals surface area contributed by atoms with Gasteiger partial charge in [-0.15, -0.1) is 11.3 Å². The van der Waals surface area contributed by atoms with Crippen molar-refractivity contribution in [2.24, 2.45) is 0 Å². The minimum atomic E-state index is -1.00. The van der Waals surface area contributed by atoms with Crippen LogP contribution in [0.25, 0.3) is 10.2 Å². The number of nitrogens with one attached hydrogen (secondary N) is 1. The van der Waals surface area contributed by atoms with Crippen LogP contribution in [-0.2, 0) is 11.3 Å². The summed E-state index contributed by atoms with van der Waals surface area (Å²) in [5, 5.41) is 5.39. The molecule has 6 heteroatoms. The number of carbonyl (C=O) groups is 2. The lowest BCUT2D eigenvalue weighted by molar-refractivity contribution is -0.127. The van der Waals surface area contributed by atoms with Crippen LogP contribution in [0.5, 0.6) is 0 Å². The number of aryl methyl sites for hydroxylation is 1. The summed E-state index contributed by atoms with van der Waals surface area (Å²) < 4.78 is 3.12. The van der Waals surface area contributed by atoms with E-state index >= 15 is 0 Å². The molecular weight excluding hydrogens is 418 g/mol. The average molecular weight is 450 g/mol. The first-order valence-corrected chi connectivity index (χ1v) is 12.6. The third-order valence-electron chi connectivity index (χ3n) is 7.13. The highest BCUT2D eigenvalue weighted by molar-refractivity contribution is 7.17. The van der Waals surface area contributed by atoms with Gasteiger partial charge in [0.1, 0.15) is 11.2 Å². The molecule has 0 bridgehead atoms. The Balaban J connectivity index is 1.54. The fraction of sp³-hybridized carbons (Fsp3) is 0.462. The van der Waals surface area contributed by atoms with Crippen LogP contribution in [0.2, 0.25) is 0 Å². The maximum Gasteiger partial charge on any atom is 0.275 e. The van der Waals surface area contributed by atoms with Gasteiger partial charge in [-0.2, -0.15) is 0 Å². The number of hydrogen-bond acceptors (Lipinski definition) is 3. The number of fused-ring (bicyclic) bond motifs is 3. The Kier molecular flexibility index (Phi) is 5.58. The standard InChI is InChI=1S/C26H31N3O2S/c1-18-10-12-20(13-11-18)29-24(30)22-16-23-21(14-15-32-23)28(22)17-26(29,2)25(31)27-19-8-6-4-3-5-7-9-19/h10-16,19H,3-9,17H2,1-2H3,(H,27,31). The molecule has 3 aromatic rings. The number of amides is 2. The van der Waals surface area contributed by atoms with Crippen molar-refractivity contribution in [2.45, 2.75) is 76.9 Å². The average Bonchev–Trinajstić information content (AvgIpc) is 3.34. The molecule has 1 aliphatic heterocycles. The fourth-order valence-electron chi connectivity index (χ4n) is 5.25. The van der Waals surface area contributed by atoms with Gasteiger partial charge >= 0.3 is 0 Å². The Morgan fingerprint density at radius 2 is 1.75 bits per heavy atom. The van der Waals surface area contributed by atoms with Crippen LogP contribution in [0.1, 0.15) is 67.9 Å². The summed E-state index contributed by atoms with van der Waals surface area (Å²) in [6.07, 6.45) is 8.11. The Bertz CT molecular complexity index is 1140. The molecule has 1 N–H and O–H groups in total. The number of hydrogen-bond donors (Lipinski definition) is 1. The van der Waals surface area contributed by atoms with Crippen LogP contribution in [0.15, 0.2) is 41.8 Å². The van der Waals surface area contributed by atoms with Gasteiger partial charge in [-0.25, -0.2) is 0 Å². The maximum atomic E-state index is 13.9. The van der Waals surface area contributed by atoms with Gasteiger partial charge in [0.25, 0.3) is 5.91 Å². The predicted molar refractivity (Wildman–Crippen MR) is 130 cm³/mol. The molecule has 1 saturated carbocycles. The molecule has 1 fully saturated rings. The fourth-order valence-corrected chi connectivity index (χ4v) is 6.07. The van der Waals surface area contributed by atoms with E-state index in [0.29, 0.717) is 12.2 Å². The third kappa shape index (κ3) is 3.64. The van der Waals surface area contributed by atoms with Gasteiger partial charge in [-0.05, 0) is 56.3 Å². The van der Waals surface area contributed by atoms with Gasteiger partial charge in [-0.1, -0.05) is 49.8 Å². The van der Waals surface area contributed by atoms with E-state index in [0.717, 1.165) is 47.2 Å². The van der Waals surface area contributed by atoms with Gasteiger partial charge in [0.2, 0.25) is 5.91 Å². The summed E-state index contributed by atoms with van der Waals surface area (Å²) in [6.45, 7) is 4.40.